The molecule has 0 unspecified atom stereocenters. The Morgan fingerprint density at radius 3 is 2.52 bits per heavy atom. The summed E-state index contributed by atoms with van der Waals surface area (Å²) in [4.78, 5) is 32.0. The molecule has 0 radical (unpaired) electrons. The third-order valence-electron chi connectivity index (χ3n) is 5.90. The molecule has 1 aliphatic rings. The van der Waals surface area contributed by atoms with Crippen molar-refractivity contribution >= 4 is 11.6 Å². The summed E-state index contributed by atoms with van der Waals surface area (Å²) in [7, 11) is 2.09. The maximum Gasteiger partial charge on any atom is 0.278 e. The second kappa shape index (κ2) is 9.93. The summed E-state index contributed by atoms with van der Waals surface area (Å²) in [6, 6.07) is 13.8. The molecule has 4 rings (SSSR count). The number of hydrogen-bond donors (Lipinski definition) is 2. The first-order chi connectivity index (χ1) is 15.9. The minimum atomic E-state index is -0.469. The van der Waals surface area contributed by atoms with Crippen LogP contribution in [0.15, 0.2) is 54.6 Å². The maximum atomic E-state index is 13.4. The smallest absolute Gasteiger partial charge is 0.278 e. The van der Waals surface area contributed by atoms with Crippen molar-refractivity contribution in [2.75, 3.05) is 46.3 Å². The second-order valence-corrected chi connectivity index (χ2v) is 8.15. The number of nitrogens with zero attached hydrogens (tertiary/aromatic N) is 3. The van der Waals surface area contributed by atoms with Crippen molar-refractivity contribution in [3.63, 3.8) is 0 Å². The van der Waals surface area contributed by atoms with Gasteiger partial charge >= 0.3 is 0 Å². The van der Waals surface area contributed by atoms with Crippen LogP contribution in [0.4, 0.5) is 10.1 Å². The van der Waals surface area contributed by atoms with E-state index in [-0.39, 0.29) is 17.4 Å². The average molecular weight is 452 g/mol. The molecule has 0 aliphatic carbocycles. The van der Waals surface area contributed by atoms with Gasteiger partial charge in [0.25, 0.3) is 11.6 Å². The molecule has 1 aliphatic heterocycles. The highest BCUT2D eigenvalue weighted by Gasteiger charge is 2.23. The van der Waals surface area contributed by atoms with Gasteiger partial charge in [0.1, 0.15) is 5.82 Å². The fraction of sp³-hybridized carbons (Fsp3) is 0.292. The van der Waals surface area contributed by atoms with E-state index in [9.17, 15) is 19.3 Å². The zero-order valence-electron chi connectivity index (χ0n) is 18.4. The lowest BCUT2D eigenvalue weighted by molar-refractivity contribution is -0.384. The number of nitrogens with one attached hydrogen (secondary N) is 2. The molecule has 0 bridgehead atoms. The molecular formula is C24H26FN5O3. The van der Waals surface area contributed by atoms with Crippen LogP contribution in [-0.4, -0.2) is 71.9 Å². The van der Waals surface area contributed by atoms with Crippen molar-refractivity contribution in [1.82, 2.24) is 20.1 Å². The SMILES string of the molecule is CN1CCN(CCNC(=O)c2cc(-c3ccc(F)cc3)[nH]c2-c2ccccc2[N+](=O)[O-])CC1. The van der Waals surface area contributed by atoms with Gasteiger partial charge in [-0.2, -0.15) is 0 Å². The minimum absolute atomic E-state index is 0.100. The van der Waals surface area contributed by atoms with Crippen LogP contribution >= 0.6 is 0 Å². The number of aromatic amines is 1. The first-order valence-corrected chi connectivity index (χ1v) is 10.8. The molecule has 1 saturated heterocycles. The van der Waals surface area contributed by atoms with Gasteiger partial charge in [-0.15, -0.1) is 0 Å². The summed E-state index contributed by atoms with van der Waals surface area (Å²) in [5, 5.41) is 14.5. The number of nitro groups is 1. The Morgan fingerprint density at radius 1 is 1.12 bits per heavy atom. The summed E-state index contributed by atoms with van der Waals surface area (Å²) >= 11 is 0. The number of hydrogen-bond acceptors (Lipinski definition) is 5. The standard InChI is InChI=1S/C24H26FN5O3/c1-28-12-14-29(15-13-28)11-10-26-24(31)20-16-21(17-6-8-18(25)9-7-17)27-23(20)19-4-2-3-5-22(19)30(32)33/h2-9,16,27H,10-15H2,1H3,(H,26,31). The molecule has 1 aromatic heterocycles. The van der Waals surface area contributed by atoms with Gasteiger partial charge in [0.05, 0.1) is 21.7 Å². The Labute approximate surface area is 191 Å². The molecular weight excluding hydrogens is 425 g/mol. The van der Waals surface area contributed by atoms with E-state index in [1.54, 1.807) is 36.4 Å². The van der Waals surface area contributed by atoms with Crippen LogP contribution in [0.25, 0.3) is 22.5 Å². The van der Waals surface area contributed by atoms with E-state index in [2.05, 4.69) is 27.1 Å². The highest BCUT2D eigenvalue weighted by Crippen LogP contribution is 2.34. The summed E-state index contributed by atoms with van der Waals surface area (Å²) < 4.78 is 13.4. The molecule has 2 aromatic carbocycles. The quantitative estimate of drug-likeness (QED) is 0.424. The molecule has 2 N–H and O–H groups in total. The molecule has 2 heterocycles. The number of aromatic nitrogens is 1. The minimum Gasteiger partial charge on any atom is -0.354 e. The molecule has 9 heteroatoms. The van der Waals surface area contributed by atoms with E-state index >= 15 is 0 Å². The van der Waals surface area contributed by atoms with Gasteiger partial charge in [0, 0.05) is 51.0 Å². The third kappa shape index (κ3) is 5.27. The van der Waals surface area contributed by atoms with Gasteiger partial charge in [-0.1, -0.05) is 12.1 Å². The number of nitro benzene ring substituents is 1. The van der Waals surface area contributed by atoms with Gasteiger partial charge < -0.3 is 15.2 Å². The zero-order chi connectivity index (χ0) is 23.4. The molecule has 0 atom stereocenters. The number of H-pyrrole nitrogens is 1. The maximum absolute atomic E-state index is 13.4. The van der Waals surface area contributed by atoms with Gasteiger partial charge in [-0.25, -0.2) is 4.39 Å². The zero-order valence-corrected chi connectivity index (χ0v) is 18.4. The van der Waals surface area contributed by atoms with Crippen LogP contribution in [0.1, 0.15) is 10.4 Å². The van der Waals surface area contributed by atoms with Crippen LogP contribution in [0.3, 0.4) is 0 Å². The highest BCUT2D eigenvalue weighted by molar-refractivity contribution is 6.02. The Morgan fingerprint density at radius 2 is 1.82 bits per heavy atom. The summed E-state index contributed by atoms with van der Waals surface area (Å²) in [6.45, 7) is 5.09. The molecule has 1 fully saturated rings. The largest absolute Gasteiger partial charge is 0.354 e. The number of benzene rings is 2. The van der Waals surface area contributed by atoms with E-state index in [4.69, 9.17) is 0 Å². The predicted octanol–water partition coefficient (Wildman–Crippen LogP) is 3.37. The molecule has 1 amide bonds. The molecule has 0 saturated carbocycles. The Balaban J connectivity index is 1.61. The number of rotatable bonds is 7. The van der Waals surface area contributed by atoms with Crippen LogP contribution < -0.4 is 5.32 Å². The Bertz CT molecular complexity index is 1140. The number of likely N-dealkylation sites (N-methyl/N-ethyl adjacent to an activating group) is 1. The van der Waals surface area contributed by atoms with Crippen molar-refractivity contribution in [1.29, 1.82) is 0 Å². The van der Waals surface area contributed by atoms with Crippen molar-refractivity contribution in [3.05, 3.63) is 76.1 Å². The molecule has 33 heavy (non-hydrogen) atoms. The van der Waals surface area contributed by atoms with E-state index in [0.29, 0.717) is 34.6 Å². The number of halogens is 1. The van der Waals surface area contributed by atoms with Crippen molar-refractivity contribution in [3.8, 4) is 22.5 Å². The topological polar surface area (TPSA) is 94.5 Å². The van der Waals surface area contributed by atoms with Crippen LogP contribution in [-0.2, 0) is 0 Å². The lowest BCUT2D eigenvalue weighted by Crippen LogP contribution is -2.46. The van der Waals surface area contributed by atoms with Crippen molar-refractivity contribution < 1.29 is 14.1 Å². The summed E-state index contributed by atoms with van der Waals surface area (Å²) in [6.07, 6.45) is 0. The van der Waals surface area contributed by atoms with E-state index < -0.39 is 4.92 Å². The summed E-state index contributed by atoms with van der Waals surface area (Å²) in [5.74, 6) is -0.687. The number of carbonyl (C=O) groups excluding carboxylic acids is 1. The molecule has 0 spiro atoms. The predicted molar refractivity (Wildman–Crippen MR) is 125 cm³/mol. The van der Waals surface area contributed by atoms with Crippen LogP contribution in [0.5, 0.6) is 0 Å². The van der Waals surface area contributed by atoms with E-state index in [1.165, 1.54) is 18.2 Å². The first kappa shape index (κ1) is 22.6. The van der Waals surface area contributed by atoms with Crippen LogP contribution in [0.2, 0.25) is 0 Å². The lowest BCUT2D eigenvalue weighted by atomic mass is 10.1. The van der Waals surface area contributed by atoms with Gasteiger partial charge in [-0.05, 0) is 49.0 Å². The van der Waals surface area contributed by atoms with Crippen molar-refractivity contribution in [2.24, 2.45) is 0 Å². The monoisotopic (exact) mass is 451 g/mol. The molecule has 172 valence electrons. The fourth-order valence-electron chi connectivity index (χ4n) is 3.97. The highest BCUT2D eigenvalue weighted by atomic mass is 19.1. The third-order valence-corrected chi connectivity index (χ3v) is 5.90. The normalized spacial score (nSPS) is 14.8. The fourth-order valence-corrected chi connectivity index (χ4v) is 3.97. The number of amides is 1. The van der Waals surface area contributed by atoms with Gasteiger partial charge in [0.2, 0.25) is 0 Å². The van der Waals surface area contributed by atoms with Crippen LogP contribution in [0, 0.1) is 15.9 Å². The average Bonchev–Trinajstić information content (AvgIpc) is 3.26. The summed E-state index contributed by atoms with van der Waals surface area (Å²) in [5.41, 5.74) is 2.14. The first-order valence-electron chi connectivity index (χ1n) is 10.8. The molecule has 8 nitrogen and oxygen atoms in total. The number of para-hydroxylation sites is 1. The molecule has 3 aromatic rings. The van der Waals surface area contributed by atoms with Gasteiger partial charge in [0.15, 0.2) is 0 Å². The second-order valence-electron chi connectivity index (χ2n) is 8.15. The van der Waals surface area contributed by atoms with E-state index in [0.717, 1.165) is 32.7 Å². The van der Waals surface area contributed by atoms with E-state index in [1.807, 2.05) is 0 Å². The van der Waals surface area contributed by atoms with Crippen molar-refractivity contribution in [2.45, 2.75) is 0 Å². The number of carbonyl (C=O) groups is 1. The van der Waals surface area contributed by atoms with Gasteiger partial charge in [-0.3, -0.25) is 19.8 Å². The lowest BCUT2D eigenvalue weighted by Gasteiger charge is -2.32. The number of piperazine rings is 1. The Kier molecular flexibility index (Phi) is 6.81. The Hall–Kier alpha value is -3.56.